The molecule has 14 heteroatoms. The maximum absolute atomic E-state index is 12.3. The van der Waals surface area contributed by atoms with Crippen LogP contribution in [0.3, 0.4) is 0 Å². The molecule has 0 spiro atoms. The number of pyridine rings is 1. The maximum Gasteiger partial charge on any atom is 0.317 e. The van der Waals surface area contributed by atoms with E-state index in [1.54, 1.807) is 5.38 Å². The first-order valence-electron chi connectivity index (χ1n) is 7.34. The average molecular weight is 422 g/mol. The standard InChI is InChI=1S/C14H10N6O6S2/c21-19(22)11-7-15-8-12(20(23)24)13(11)17-9-1-3-10(4-2-9)28(25,26)18-14-16-5-6-27-14/h1-8H,(H,15,17)(H,16,18). The van der Waals surface area contributed by atoms with Crippen LogP contribution < -0.4 is 10.0 Å². The lowest BCUT2D eigenvalue weighted by Gasteiger charge is -2.09. The molecule has 0 saturated heterocycles. The smallest absolute Gasteiger partial charge is 0.317 e. The molecule has 1 aromatic carbocycles. The second kappa shape index (κ2) is 7.53. The van der Waals surface area contributed by atoms with Gasteiger partial charge in [0, 0.05) is 17.3 Å². The van der Waals surface area contributed by atoms with Crippen molar-refractivity contribution in [3.8, 4) is 0 Å². The Hall–Kier alpha value is -3.65. The summed E-state index contributed by atoms with van der Waals surface area (Å²) in [5, 5.41) is 26.7. The normalized spacial score (nSPS) is 11.0. The first-order chi connectivity index (χ1) is 13.3. The number of sulfonamides is 1. The van der Waals surface area contributed by atoms with Crippen LogP contribution in [-0.4, -0.2) is 28.2 Å². The Morgan fingerprint density at radius 1 is 1.00 bits per heavy atom. The number of nitrogens with one attached hydrogen (secondary N) is 2. The molecule has 2 aromatic heterocycles. The lowest BCUT2D eigenvalue weighted by molar-refractivity contribution is -0.392. The van der Waals surface area contributed by atoms with Crippen molar-refractivity contribution in [2.24, 2.45) is 0 Å². The monoisotopic (exact) mass is 422 g/mol. The summed E-state index contributed by atoms with van der Waals surface area (Å²) in [6, 6.07) is 5.14. The molecule has 144 valence electrons. The van der Waals surface area contributed by atoms with Gasteiger partial charge in [0.2, 0.25) is 0 Å². The van der Waals surface area contributed by atoms with Gasteiger partial charge in [-0.15, -0.1) is 11.3 Å². The summed E-state index contributed by atoms with van der Waals surface area (Å²) < 4.78 is 26.9. The number of aromatic nitrogens is 2. The van der Waals surface area contributed by atoms with Gasteiger partial charge in [-0.1, -0.05) is 0 Å². The molecule has 0 bridgehead atoms. The van der Waals surface area contributed by atoms with Crippen molar-refractivity contribution in [1.29, 1.82) is 0 Å². The highest BCUT2D eigenvalue weighted by Crippen LogP contribution is 2.35. The van der Waals surface area contributed by atoms with Crippen LogP contribution in [0.5, 0.6) is 0 Å². The van der Waals surface area contributed by atoms with Crippen molar-refractivity contribution in [3.05, 3.63) is 68.5 Å². The van der Waals surface area contributed by atoms with Gasteiger partial charge >= 0.3 is 11.4 Å². The van der Waals surface area contributed by atoms with Gasteiger partial charge in [-0.05, 0) is 24.3 Å². The van der Waals surface area contributed by atoms with E-state index in [0.717, 1.165) is 23.7 Å². The predicted octanol–water partition coefficient (Wildman–Crippen LogP) is 2.90. The van der Waals surface area contributed by atoms with Crippen LogP contribution >= 0.6 is 11.3 Å². The van der Waals surface area contributed by atoms with E-state index in [4.69, 9.17) is 0 Å². The number of thiazole rings is 1. The van der Waals surface area contributed by atoms with E-state index in [0.29, 0.717) is 0 Å². The van der Waals surface area contributed by atoms with Gasteiger partial charge in [-0.25, -0.2) is 13.4 Å². The van der Waals surface area contributed by atoms with Crippen LogP contribution in [0.1, 0.15) is 0 Å². The fourth-order valence-corrected chi connectivity index (χ4v) is 3.94. The lowest BCUT2D eigenvalue weighted by atomic mass is 10.2. The molecule has 3 rings (SSSR count). The van der Waals surface area contributed by atoms with E-state index >= 15 is 0 Å². The molecular weight excluding hydrogens is 412 g/mol. The highest BCUT2D eigenvalue weighted by molar-refractivity contribution is 7.93. The van der Waals surface area contributed by atoms with Gasteiger partial charge in [0.15, 0.2) is 10.8 Å². The van der Waals surface area contributed by atoms with E-state index in [9.17, 15) is 28.6 Å². The SMILES string of the molecule is O=[N+]([O-])c1cncc([N+](=O)[O-])c1Nc1ccc(S(=O)(=O)Nc2nccs2)cc1. The molecule has 0 saturated carbocycles. The molecule has 0 atom stereocenters. The number of rotatable bonds is 7. The molecule has 0 aliphatic rings. The van der Waals surface area contributed by atoms with Crippen molar-refractivity contribution in [1.82, 2.24) is 9.97 Å². The molecule has 0 unspecified atom stereocenters. The predicted molar refractivity (Wildman–Crippen MR) is 100 cm³/mol. The minimum Gasteiger partial charge on any atom is -0.344 e. The Labute approximate surface area is 161 Å². The van der Waals surface area contributed by atoms with Crippen LogP contribution in [0.25, 0.3) is 0 Å². The Bertz CT molecular complexity index is 1100. The number of nitrogens with zero attached hydrogens (tertiary/aromatic N) is 4. The number of anilines is 3. The second-order valence-electron chi connectivity index (χ2n) is 5.16. The Morgan fingerprint density at radius 2 is 1.61 bits per heavy atom. The number of nitro groups is 2. The fourth-order valence-electron chi connectivity index (χ4n) is 2.15. The Morgan fingerprint density at radius 3 is 2.11 bits per heavy atom. The van der Waals surface area contributed by atoms with E-state index in [1.807, 2.05) is 0 Å². The molecule has 12 nitrogen and oxygen atoms in total. The summed E-state index contributed by atoms with van der Waals surface area (Å²) >= 11 is 1.11. The van der Waals surface area contributed by atoms with Gasteiger partial charge in [0.25, 0.3) is 10.0 Å². The van der Waals surface area contributed by atoms with Gasteiger partial charge in [-0.3, -0.25) is 29.9 Å². The van der Waals surface area contributed by atoms with Crippen LogP contribution in [0.2, 0.25) is 0 Å². The zero-order valence-corrected chi connectivity index (χ0v) is 15.3. The summed E-state index contributed by atoms with van der Waals surface area (Å²) in [6.45, 7) is 0. The molecule has 0 amide bonds. The molecular formula is C14H10N6O6S2. The molecule has 0 fully saturated rings. The van der Waals surface area contributed by atoms with Gasteiger partial charge < -0.3 is 5.32 Å². The third-order valence-electron chi connectivity index (χ3n) is 3.39. The second-order valence-corrected chi connectivity index (χ2v) is 7.74. The van der Waals surface area contributed by atoms with Crippen molar-refractivity contribution >= 4 is 49.2 Å². The summed E-state index contributed by atoms with van der Waals surface area (Å²) in [4.78, 5) is 27.9. The highest BCUT2D eigenvalue weighted by atomic mass is 32.2. The molecule has 28 heavy (non-hydrogen) atoms. The molecule has 0 aliphatic heterocycles. The molecule has 0 radical (unpaired) electrons. The molecule has 2 N–H and O–H groups in total. The van der Waals surface area contributed by atoms with E-state index < -0.39 is 31.2 Å². The minimum absolute atomic E-state index is 0.0769. The molecule has 3 aromatic rings. The summed E-state index contributed by atoms with van der Waals surface area (Å²) in [7, 11) is -3.87. The van der Waals surface area contributed by atoms with Crippen molar-refractivity contribution in [2.75, 3.05) is 10.0 Å². The third kappa shape index (κ3) is 4.02. The van der Waals surface area contributed by atoms with E-state index in [-0.39, 0.29) is 21.4 Å². The van der Waals surface area contributed by atoms with Crippen molar-refractivity contribution in [3.63, 3.8) is 0 Å². The maximum atomic E-state index is 12.3. The summed E-state index contributed by atoms with van der Waals surface area (Å²) in [5.41, 5.74) is -1.32. The number of benzene rings is 1. The molecule has 0 aliphatic carbocycles. The van der Waals surface area contributed by atoms with Crippen LogP contribution in [0.4, 0.5) is 27.9 Å². The van der Waals surface area contributed by atoms with E-state index in [1.165, 1.54) is 30.5 Å². The topological polar surface area (TPSA) is 170 Å². The zero-order chi connectivity index (χ0) is 20.3. The first kappa shape index (κ1) is 19.1. The average Bonchev–Trinajstić information content (AvgIpc) is 3.14. The summed E-state index contributed by atoms with van der Waals surface area (Å²) in [6.07, 6.45) is 3.21. The zero-order valence-electron chi connectivity index (χ0n) is 13.7. The quantitative estimate of drug-likeness (QED) is 0.429. The number of hydrogen-bond donors (Lipinski definition) is 2. The van der Waals surface area contributed by atoms with Gasteiger partial charge in [0.1, 0.15) is 12.4 Å². The Balaban J connectivity index is 1.89. The van der Waals surface area contributed by atoms with Gasteiger partial charge in [-0.2, -0.15) is 0 Å². The first-order valence-corrected chi connectivity index (χ1v) is 9.70. The largest absolute Gasteiger partial charge is 0.344 e. The molecule has 2 heterocycles. The van der Waals surface area contributed by atoms with Crippen molar-refractivity contribution < 1.29 is 18.3 Å². The van der Waals surface area contributed by atoms with Crippen LogP contribution in [-0.2, 0) is 10.0 Å². The minimum atomic E-state index is -3.87. The van der Waals surface area contributed by atoms with Crippen LogP contribution in [0, 0.1) is 20.2 Å². The number of hydrogen-bond acceptors (Lipinski definition) is 10. The van der Waals surface area contributed by atoms with Crippen molar-refractivity contribution in [2.45, 2.75) is 4.90 Å². The Kier molecular flexibility index (Phi) is 5.14. The van der Waals surface area contributed by atoms with Gasteiger partial charge in [0.05, 0.1) is 14.7 Å². The van der Waals surface area contributed by atoms with E-state index in [2.05, 4.69) is 20.0 Å². The fraction of sp³-hybridized carbons (Fsp3) is 0. The third-order valence-corrected chi connectivity index (χ3v) is 5.56. The summed E-state index contributed by atoms with van der Waals surface area (Å²) in [5.74, 6) is 0. The highest BCUT2D eigenvalue weighted by Gasteiger charge is 2.26. The lowest BCUT2D eigenvalue weighted by Crippen LogP contribution is -2.12. The van der Waals surface area contributed by atoms with Crippen LogP contribution in [0.15, 0.2) is 53.1 Å².